The van der Waals surface area contributed by atoms with Crippen LogP contribution in [0.3, 0.4) is 0 Å². The highest BCUT2D eigenvalue weighted by atomic mass is 16.3. The molecule has 0 saturated heterocycles. The molecule has 0 spiro atoms. The molecule has 1 amide bonds. The van der Waals surface area contributed by atoms with E-state index in [0.29, 0.717) is 0 Å². The van der Waals surface area contributed by atoms with Gasteiger partial charge in [0, 0.05) is 14.1 Å². The molecule has 0 aliphatic heterocycles. The zero-order valence-electron chi connectivity index (χ0n) is 7.09. The van der Waals surface area contributed by atoms with Crippen LogP contribution >= 0.6 is 0 Å². The zero-order valence-corrected chi connectivity index (χ0v) is 7.09. The van der Waals surface area contributed by atoms with Crippen molar-refractivity contribution < 1.29 is 9.90 Å². The Kier molecular flexibility index (Phi) is 4.32. The molecule has 11 heavy (non-hydrogen) atoms. The van der Waals surface area contributed by atoms with Gasteiger partial charge in [-0.2, -0.15) is 0 Å². The van der Waals surface area contributed by atoms with E-state index in [0.717, 1.165) is 0 Å². The van der Waals surface area contributed by atoms with E-state index in [-0.39, 0.29) is 12.3 Å². The van der Waals surface area contributed by atoms with Crippen LogP contribution in [0.4, 0.5) is 0 Å². The molecular formula is C8H13NO2. The van der Waals surface area contributed by atoms with E-state index in [1.54, 1.807) is 21.0 Å². The number of aliphatic hydroxyl groups is 1. The Bertz CT molecular complexity index is 188. The number of hydrogen-bond donors (Lipinski definition) is 1. The van der Waals surface area contributed by atoms with E-state index >= 15 is 0 Å². The molecule has 0 unspecified atom stereocenters. The average Bonchev–Trinajstić information content (AvgIpc) is 1.87. The maximum absolute atomic E-state index is 10.9. The minimum atomic E-state index is -0.824. The number of aliphatic hydroxyl groups excluding tert-OH is 1. The first-order valence-electron chi connectivity index (χ1n) is 3.38. The lowest BCUT2D eigenvalue weighted by Gasteiger charge is -2.10. The standard InChI is InChI=1S/C8H13NO2/c1-4-5-7(10)6-8(11)9(2)3/h7,10H,6H2,1-3H3/t7-/m1/s1. The lowest BCUT2D eigenvalue weighted by molar-refractivity contribution is -0.130. The minimum absolute atomic E-state index is 0.0772. The van der Waals surface area contributed by atoms with Gasteiger partial charge in [-0.1, -0.05) is 5.92 Å². The van der Waals surface area contributed by atoms with Crippen LogP contribution in [0.25, 0.3) is 0 Å². The number of amides is 1. The highest BCUT2D eigenvalue weighted by molar-refractivity contribution is 5.76. The van der Waals surface area contributed by atoms with Crippen LogP contribution in [-0.4, -0.2) is 36.1 Å². The van der Waals surface area contributed by atoms with Crippen molar-refractivity contribution in [1.29, 1.82) is 0 Å². The molecule has 1 atom stereocenters. The third-order valence-electron chi connectivity index (χ3n) is 1.18. The summed E-state index contributed by atoms with van der Waals surface area (Å²) in [7, 11) is 3.29. The topological polar surface area (TPSA) is 40.5 Å². The Morgan fingerprint density at radius 1 is 1.64 bits per heavy atom. The minimum Gasteiger partial charge on any atom is -0.380 e. The van der Waals surface area contributed by atoms with Crippen molar-refractivity contribution in [3.05, 3.63) is 0 Å². The van der Waals surface area contributed by atoms with E-state index in [9.17, 15) is 4.79 Å². The van der Waals surface area contributed by atoms with Gasteiger partial charge in [0.05, 0.1) is 6.42 Å². The Hall–Kier alpha value is -1.01. The zero-order chi connectivity index (χ0) is 8.85. The van der Waals surface area contributed by atoms with Crippen LogP contribution in [0, 0.1) is 11.8 Å². The SMILES string of the molecule is CC#C[C@@H](O)CC(=O)N(C)C. The summed E-state index contributed by atoms with van der Waals surface area (Å²) in [5.41, 5.74) is 0. The molecule has 0 rings (SSSR count). The highest BCUT2D eigenvalue weighted by Crippen LogP contribution is 1.92. The van der Waals surface area contributed by atoms with E-state index in [2.05, 4.69) is 11.8 Å². The molecule has 0 aromatic carbocycles. The van der Waals surface area contributed by atoms with Gasteiger partial charge in [0.1, 0.15) is 6.10 Å². The lowest BCUT2D eigenvalue weighted by atomic mass is 10.2. The molecule has 3 heteroatoms. The van der Waals surface area contributed by atoms with Crippen LogP contribution < -0.4 is 0 Å². The second-order valence-corrected chi connectivity index (χ2v) is 2.40. The van der Waals surface area contributed by atoms with Gasteiger partial charge in [-0.05, 0) is 6.92 Å². The van der Waals surface area contributed by atoms with Gasteiger partial charge < -0.3 is 10.0 Å². The van der Waals surface area contributed by atoms with E-state index in [4.69, 9.17) is 5.11 Å². The molecule has 1 N–H and O–H groups in total. The molecule has 3 nitrogen and oxygen atoms in total. The fourth-order valence-corrected chi connectivity index (χ4v) is 0.566. The van der Waals surface area contributed by atoms with Gasteiger partial charge in [-0.25, -0.2) is 0 Å². The summed E-state index contributed by atoms with van der Waals surface area (Å²) in [6, 6.07) is 0. The first kappa shape index (κ1) is 9.99. The van der Waals surface area contributed by atoms with E-state index in [1.165, 1.54) is 4.90 Å². The molecule has 0 aromatic heterocycles. The third-order valence-corrected chi connectivity index (χ3v) is 1.18. The molecule has 0 radical (unpaired) electrons. The molecule has 0 saturated carbocycles. The largest absolute Gasteiger partial charge is 0.380 e. The summed E-state index contributed by atoms with van der Waals surface area (Å²) >= 11 is 0. The van der Waals surface area contributed by atoms with Gasteiger partial charge in [0.2, 0.25) is 5.91 Å². The second kappa shape index (κ2) is 4.75. The lowest BCUT2D eigenvalue weighted by Crippen LogP contribution is -2.25. The highest BCUT2D eigenvalue weighted by Gasteiger charge is 2.08. The van der Waals surface area contributed by atoms with Crippen molar-refractivity contribution in [2.75, 3.05) is 14.1 Å². The number of nitrogens with zero attached hydrogens (tertiary/aromatic N) is 1. The van der Waals surface area contributed by atoms with Crippen LogP contribution in [0.2, 0.25) is 0 Å². The number of hydrogen-bond acceptors (Lipinski definition) is 2. The summed E-state index contributed by atoms with van der Waals surface area (Å²) in [6.07, 6.45) is -0.747. The van der Waals surface area contributed by atoms with Gasteiger partial charge in [0.25, 0.3) is 0 Å². The first-order chi connectivity index (χ1) is 5.07. The monoisotopic (exact) mass is 155 g/mol. The maximum atomic E-state index is 10.9. The number of carbonyl (C=O) groups is 1. The first-order valence-corrected chi connectivity index (χ1v) is 3.38. The fourth-order valence-electron chi connectivity index (χ4n) is 0.566. The van der Waals surface area contributed by atoms with Crippen molar-refractivity contribution in [3.8, 4) is 11.8 Å². The Morgan fingerprint density at radius 3 is 2.55 bits per heavy atom. The average molecular weight is 155 g/mol. The molecule has 62 valence electrons. The Labute approximate surface area is 67.0 Å². The van der Waals surface area contributed by atoms with Crippen molar-refractivity contribution in [2.24, 2.45) is 0 Å². The third kappa shape index (κ3) is 4.40. The number of rotatable bonds is 2. The van der Waals surface area contributed by atoms with Crippen molar-refractivity contribution in [2.45, 2.75) is 19.4 Å². The van der Waals surface area contributed by atoms with Crippen molar-refractivity contribution in [3.63, 3.8) is 0 Å². The molecule has 0 bridgehead atoms. The smallest absolute Gasteiger partial charge is 0.225 e. The normalized spacial score (nSPS) is 11.3. The van der Waals surface area contributed by atoms with Crippen LogP contribution in [-0.2, 0) is 4.79 Å². The van der Waals surface area contributed by atoms with Gasteiger partial charge >= 0.3 is 0 Å². The maximum Gasteiger partial charge on any atom is 0.225 e. The van der Waals surface area contributed by atoms with Crippen LogP contribution in [0.1, 0.15) is 13.3 Å². The predicted molar refractivity (Wildman–Crippen MR) is 42.8 cm³/mol. The molecular weight excluding hydrogens is 142 g/mol. The predicted octanol–water partition coefficient (Wildman–Crippen LogP) is -0.151. The summed E-state index contributed by atoms with van der Waals surface area (Å²) in [6.45, 7) is 1.63. The quantitative estimate of drug-likeness (QED) is 0.563. The Balaban J connectivity index is 3.82. The molecule has 0 aliphatic rings. The van der Waals surface area contributed by atoms with Gasteiger partial charge in [0.15, 0.2) is 0 Å². The summed E-state index contributed by atoms with van der Waals surface area (Å²) in [5.74, 6) is 4.92. The van der Waals surface area contributed by atoms with Crippen LogP contribution in [0.15, 0.2) is 0 Å². The van der Waals surface area contributed by atoms with Gasteiger partial charge in [-0.15, -0.1) is 5.92 Å². The van der Waals surface area contributed by atoms with E-state index in [1.807, 2.05) is 0 Å². The van der Waals surface area contributed by atoms with Crippen LogP contribution in [0.5, 0.6) is 0 Å². The van der Waals surface area contributed by atoms with Crippen molar-refractivity contribution >= 4 is 5.91 Å². The molecule has 0 heterocycles. The van der Waals surface area contributed by atoms with E-state index < -0.39 is 6.10 Å². The molecule has 0 aromatic rings. The number of carbonyl (C=O) groups excluding carboxylic acids is 1. The second-order valence-electron chi connectivity index (χ2n) is 2.40. The molecule has 0 aliphatic carbocycles. The fraction of sp³-hybridized carbons (Fsp3) is 0.625. The van der Waals surface area contributed by atoms with Crippen molar-refractivity contribution in [1.82, 2.24) is 4.90 Å². The van der Waals surface area contributed by atoms with Gasteiger partial charge in [-0.3, -0.25) is 4.79 Å². The molecule has 0 fully saturated rings. The summed E-state index contributed by atoms with van der Waals surface area (Å²) < 4.78 is 0. The summed E-state index contributed by atoms with van der Waals surface area (Å²) in [4.78, 5) is 12.4. The Morgan fingerprint density at radius 2 is 2.18 bits per heavy atom. The summed E-state index contributed by atoms with van der Waals surface area (Å²) in [5, 5.41) is 9.05.